The van der Waals surface area contributed by atoms with Crippen LogP contribution in [0.1, 0.15) is 81.8 Å². The largest absolute Gasteiger partial charge is 2.00 e. The first-order chi connectivity index (χ1) is 15.8. The molecule has 0 aliphatic heterocycles. The zero-order valence-electron chi connectivity index (χ0n) is 22.4. The quantitative estimate of drug-likeness (QED) is 0.238. The number of rotatable bonds is 1. The van der Waals surface area contributed by atoms with Gasteiger partial charge in [-0.15, -0.1) is 40.6 Å². The third-order valence-electron chi connectivity index (χ3n) is 7.07. The molecule has 1 saturated carbocycles. The molecular weight excluding hydrogens is 561 g/mol. The van der Waals surface area contributed by atoms with E-state index < -0.39 is 0 Å². The van der Waals surface area contributed by atoms with Crippen molar-refractivity contribution in [3.8, 4) is 0 Å². The minimum Gasteiger partial charge on any atom is -1.00 e. The van der Waals surface area contributed by atoms with Gasteiger partial charge in [-0.25, -0.2) is 0 Å². The molecule has 5 rings (SSSR count). The maximum atomic E-state index is 11.1. The number of carbonyl (C=O) groups excluding carboxylic acids is 1. The number of hydrogen-bond acceptors (Lipinski definition) is 1. The van der Waals surface area contributed by atoms with Gasteiger partial charge in [0.05, 0.1) is 5.91 Å². The van der Waals surface area contributed by atoms with Crippen molar-refractivity contribution >= 4 is 44.5 Å². The van der Waals surface area contributed by atoms with E-state index in [-0.39, 0.29) is 84.2 Å². The molecule has 0 saturated heterocycles. The number of fused-ring (bicyclic) bond motifs is 6. The predicted octanol–water partition coefficient (Wildman–Crippen LogP) is 2.30. The zero-order chi connectivity index (χ0) is 22.2. The Kier molecular flexibility index (Phi) is 23.6. The first-order valence-corrected chi connectivity index (χ1v) is 12.5. The fraction of sp³-hybridized carbons (Fsp3) is 0.406. The number of allylic oxidation sites excluding steroid dienone is 1. The van der Waals surface area contributed by atoms with Gasteiger partial charge in [0, 0.05) is 5.92 Å². The van der Waals surface area contributed by atoms with E-state index in [2.05, 4.69) is 54.6 Å². The Morgan fingerprint density at radius 3 is 1.82 bits per heavy atom. The Bertz CT molecular complexity index is 1090. The number of benzene rings is 3. The number of carbonyl (C=O) groups is 1. The number of amides is 1. The SMILES string of the molecule is [CH3-].[CH3-].[Cl-].[Cl-].[NH-]C(=O)C1CCCCCCCCCCC1.[SiH4].[Ti+2].[c-]1cccc2c1c1c(c3ccccc32)C=CC1. The van der Waals surface area contributed by atoms with Crippen LogP contribution >= 0.6 is 0 Å². The van der Waals surface area contributed by atoms with Crippen molar-refractivity contribution in [1.29, 1.82) is 0 Å². The van der Waals surface area contributed by atoms with Crippen LogP contribution < -0.4 is 24.8 Å². The Labute approximate surface area is 263 Å². The van der Waals surface area contributed by atoms with E-state index in [1.54, 1.807) is 0 Å². The second-order valence-corrected chi connectivity index (χ2v) is 9.32. The fourth-order valence-corrected chi connectivity index (χ4v) is 5.28. The molecule has 2 aliphatic rings. The van der Waals surface area contributed by atoms with Crippen molar-refractivity contribution in [1.82, 2.24) is 0 Å². The van der Waals surface area contributed by atoms with E-state index in [0.717, 1.165) is 32.1 Å². The van der Waals surface area contributed by atoms with Gasteiger partial charge in [0.15, 0.2) is 0 Å². The summed E-state index contributed by atoms with van der Waals surface area (Å²) in [7, 11) is 0. The van der Waals surface area contributed by atoms with E-state index in [4.69, 9.17) is 5.73 Å². The molecule has 1 N–H and O–H groups in total. The van der Waals surface area contributed by atoms with Gasteiger partial charge in [-0.2, -0.15) is 0 Å². The van der Waals surface area contributed by atoms with Gasteiger partial charge >= 0.3 is 21.7 Å². The molecule has 3 aromatic rings. The van der Waals surface area contributed by atoms with Crippen molar-refractivity contribution in [2.45, 2.75) is 77.0 Å². The van der Waals surface area contributed by atoms with Crippen molar-refractivity contribution in [3.05, 3.63) is 86.3 Å². The first kappa shape index (κ1) is 41.4. The molecular formula is C32H45Cl2NOSiTi-4. The van der Waals surface area contributed by atoms with Crippen LogP contribution in [0.3, 0.4) is 0 Å². The average molecular weight is 607 g/mol. The summed E-state index contributed by atoms with van der Waals surface area (Å²) >= 11 is 0. The van der Waals surface area contributed by atoms with E-state index in [1.807, 2.05) is 6.07 Å². The smallest absolute Gasteiger partial charge is 1.00 e. The zero-order valence-corrected chi connectivity index (χ0v) is 25.5. The third-order valence-corrected chi connectivity index (χ3v) is 7.07. The molecule has 3 aromatic carbocycles. The van der Waals surface area contributed by atoms with Crippen molar-refractivity contribution in [2.75, 3.05) is 0 Å². The van der Waals surface area contributed by atoms with Gasteiger partial charge in [0.1, 0.15) is 0 Å². The van der Waals surface area contributed by atoms with E-state index >= 15 is 0 Å². The molecule has 6 heteroatoms. The van der Waals surface area contributed by atoms with Gasteiger partial charge in [0.2, 0.25) is 0 Å². The minimum absolute atomic E-state index is 0. The van der Waals surface area contributed by atoms with Crippen molar-refractivity contribution in [3.63, 3.8) is 0 Å². The Balaban J connectivity index is -0.000000562. The molecule has 210 valence electrons. The Hall–Kier alpha value is -1.10. The topological polar surface area (TPSA) is 40.9 Å². The Morgan fingerprint density at radius 1 is 0.763 bits per heavy atom. The summed E-state index contributed by atoms with van der Waals surface area (Å²) in [5, 5.41) is 5.31. The summed E-state index contributed by atoms with van der Waals surface area (Å²) in [5.74, 6) is -0.281. The van der Waals surface area contributed by atoms with Gasteiger partial charge in [-0.05, 0) is 35.6 Å². The van der Waals surface area contributed by atoms with E-state index in [1.165, 1.54) is 77.6 Å². The van der Waals surface area contributed by atoms with Crippen LogP contribution in [0.2, 0.25) is 0 Å². The van der Waals surface area contributed by atoms with E-state index in [0.29, 0.717) is 0 Å². The van der Waals surface area contributed by atoms with Crippen LogP contribution in [-0.2, 0) is 32.9 Å². The third kappa shape index (κ3) is 10.8. The molecule has 0 aromatic heterocycles. The van der Waals surface area contributed by atoms with Crippen LogP contribution in [0, 0.1) is 26.8 Å². The second-order valence-electron chi connectivity index (χ2n) is 9.32. The number of nitrogens with one attached hydrogen (secondary N) is 1. The summed E-state index contributed by atoms with van der Waals surface area (Å²) in [4.78, 5) is 11.1. The first-order valence-electron chi connectivity index (χ1n) is 12.5. The maximum absolute atomic E-state index is 11.1. The summed E-state index contributed by atoms with van der Waals surface area (Å²) in [5.41, 5.74) is 10.0. The van der Waals surface area contributed by atoms with Gasteiger partial charge in [-0.1, -0.05) is 105 Å². The van der Waals surface area contributed by atoms with Gasteiger partial charge in [0.25, 0.3) is 0 Å². The monoisotopic (exact) mass is 605 g/mol. The van der Waals surface area contributed by atoms with Gasteiger partial charge in [-0.3, -0.25) is 0 Å². The van der Waals surface area contributed by atoms with Crippen molar-refractivity contribution in [2.24, 2.45) is 5.92 Å². The molecule has 38 heavy (non-hydrogen) atoms. The number of hydrogen-bond donors (Lipinski definition) is 0. The normalized spacial score (nSPS) is 14.9. The summed E-state index contributed by atoms with van der Waals surface area (Å²) in [6.07, 6.45) is 19.0. The van der Waals surface area contributed by atoms with E-state index in [9.17, 15) is 4.79 Å². The van der Waals surface area contributed by atoms with Crippen LogP contribution in [0.15, 0.2) is 48.5 Å². The Morgan fingerprint density at radius 2 is 1.26 bits per heavy atom. The number of halogens is 2. The van der Waals surface area contributed by atoms with Crippen LogP contribution in [0.4, 0.5) is 0 Å². The summed E-state index contributed by atoms with van der Waals surface area (Å²) < 4.78 is 0. The molecule has 0 unspecified atom stereocenters. The minimum atomic E-state index is -0.327. The van der Waals surface area contributed by atoms with Crippen LogP contribution in [0.25, 0.3) is 33.4 Å². The molecule has 2 aliphatic carbocycles. The molecule has 2 nitrogen and oxygen atoms in total. The molecule has 1 fully saturated rings. The average Bonchev–Trinajstić information content (AvgIpc) is 3.30. The van der Waals surface area contributed by atoms with Crippen LogP contribution in [0.5, 0.6) is 0 Å². The second kappa shape index (κ2) is 21.7. The molecule has 0 radical (unpaired) electrons. The maximum Gasteiger partial charge on any atom is 2.00 e. The fourth-order valence-electron chi connectivity index (χ4n) is 5.28. The molecule has 1 amide bonds. The molecule has 0 heterocycles. The summed E-state index contributed by atoms with van der Waals surface area (Å²) in [6, 6.07) is 18.3. The molecule has 0 atom stereocenters. The van der Waals surface area contributed by atoms with Crippen LogP contribution in [-0.4, -0.2) is 16.9 Å². The van der Waals surface area contributed by atoms with Gasteiger partial charge < -0.3 is 50.2 Å². The summed E-state index contributed by atoms with van der Waals surface area (Å²) in [6.45, 7) is 0. The predicted molar refractivity (Wildman–Crippen MR) is 161 cm³/mol. The molecule has 0 spiro atoms. The molecule has 0 bridgehead atoms. The standard InChI is InChI=1S/C17H11.C13H25NO.2CH3.2ClH.H4Si.Ti/c1-3-8-14-12(6-1)13-7-2-4-9-15(13)17-11-5-10-16(14)17;14-13(15)12-10-8-6-4-2-1-3-5-7-9-11-12;;;;;;/h1-8,10H,11H2;12H,1-11H2,(H2,14,15);2*1H3;2*1H;1H4;/q-1;;2*-1;;;;+2/p-3. The van der Waals surface area contributed by atoms with Crippen molar-refractivity contribution < 1.29 is 51.3 Å².